The van der Waals surface area contributed by atoms with Gasteiger partial charge in [0.15, 0.2) is 0 Å². The van der Waals surface area contributed by atoms with E-state index in [4.69, 9.17) is 0 Å². The molecule has 4 aromatic rings. The fourth-order valence-corrected chi connectivity index (χ4v) is 4.34. The van der Waals surface area contributed by atoms with Gasteiger partial charge in [0.2, 0.25) is 0 Å². The molecule has 34 heavy (non-hydrogen) atoms. The van der Waals surface area contributed by atoms with Crippen molar-refractivity contribution in [3.8, 4) is 5.69 Å². The highest BCUT2D eigenvalue weighted by Crippen LogP contribution is 2.34. The number of rotatable bonds is 7. The van der Waals surface area contributed by atoms with Crippen LogP contribution >= 0.6 is 0 Å². The Morgan fingerprint density at radius 1 is 1.03 bits per heavy atom. The van der Waals surface area contributed by atoms with Gasteiger partial charge in [-0.25, -0.2) is 18.9 Å². The Labute approximate surface area is 194 Å². The summed E-state index contributed by atoms with van der Waals surface area (Å²) in [6.45, 7) is 2.46. The van der Waals surface area contributed by atoms with E-state index >= 15 is 0 Å². The number of hydrogen-bond acceptors (Lipinski definition) is 6. The maximum atomic E-state index is 14.8. The zero-order valence-electron chi connectivity index (χ0n) is 18.4. The van der Waals surface area contributed by atoms with Crippen LogP contribution in [0.2, 0.25) is 0 Å². The Morgan fingerprint density at radius 2 is 1.74 bits per heavy atom. The van der Waals surface area contributed by atoms with Crippen molar-refractivity contribution in [2.24, 2.45) is 0 Å². The monoisotopic (exact) mass is 462 g/mol. The highest BCUT2D eigenvalue weighted by molar-refractivity contribution is 5.94. The minimum absolute atomic E-state index is 0.0650. The van der Waals surface area contributed by atoms with Gasteiger partial charge in [0.1, 0.15) is 24.1 Å². The van der Waals surface area contributed by atoms with Gasteiger partial charge in [-0.1, -0.05) is 18.2 Å². The minimum atomic E-state index is -1.74. The van der Waals surface area contributed by atoms with Crippen molar-refractivity contribution in [1.29, 1.82) is 0 Å². The molecule has 10 nitrogen and oxygen atoms in total. The molecule has 0 saturated carbocycles. The van der Waals surface area contributed by atoms with E-state index in [1.165, 1.54) is 34.3 Å². The van der Waals surface area contributed by atoms with Crippen molar-refractivity contribution in [3.05, 3.63) is 85.0 Å². The van der Waals surface area contributed by atoms with Crippen LogP contribution in [0.15, 0.2) is 73.6 Å². The summed E-state index contributed by atoms with van der Waals surface area (Å²) < 4.78 is 16.3. The Bertz CT molecular complexity index is 1260. The lowest BCUT2D eigenvalue weighted by molar-refractivity contribution is -0.0474. The summed E-state index contributed by atoms with van der Waals surface area (Å²) in [6, 6.07) is 12.3. The van der Waals surface area contributed by atoms with E-state index in [2.05, 4.69) is 20.3 Å². The maximum absolute atomic E-state index is 14.8. The third kappa shape index (κ3) is 3.79. The molecule has 1 aliphatic rings. The van der Waals surface area contributed by atoms with Crippen LogP contribution in [0, 0.1) is 5.82 Å². The van der Waals surface area contributed by atoms with Crippen molar-refractivity contribution in [1.82, 2.24) is 34.7 Å². The molecule has 0 radical (unpaired) electrons. The highest BCUT2D eigenvalue weighted by Gasteiger charge is 2.46. The van der Waals surface area contributed by atoms with Gasteiger partial charge in [0, 0.05) is 24.3 Å². The smallest absolute Gasteiger partial charge is 0.324 e. The van der Waals surface area contributed by atoms with E-state index in [1.54, 1.807) is 41.2 Å². The Hall–Kier alpha value is -4.12. The molecular formula is C23H23FN8O2. The van der Waals surface area contributed by atoms with Gasteiger partial charge in [0.25, 0.3) is 0 Å². The fraction of sp³-hybridized carbons (Fsp3) is 0.261. The molecule has 1 saturated heterocycles. The van der Waals surface area contributed by atoms with Crippen LogP contribution in [0.5, 0.6) is 0 Å². The molecule has 2 amide bonds. The maximum Gasteiger partial charge on any atom is 0.324 e. The molecule has 3 heterocycles. The largest absolute Gasteiger partial charge is 0.381 e. The number of halogens is 1. The van der Waals surface area contributed by atoms with Crippen LogP contribution in [0.3, 0.4) is 0 Å². The van der Waals surface area contributed by atoms with Crippen LogP contribution in [0.1, 0.15) is 12.5 Å². The van der Waals surface area contributed by atoms with Gasteiger partial charge < -0.3 is 10.0 Å². The first-order valence-electron chi connectivity index (χ1n) is 10.8. The number of urea groups is 1. The number of carbonyl (C=O) groups is 1. The van der Waals surface area contributed by atoms with Gasteiger partial charge in [-0.2, -0.15) is 20.1 Å². The van der Waals surface area contributed by atoms with Gasteiger partial charge in [-0.15, -0.1) is 0 Å². The molecule has 1 fully saturated rings. The first kappa shape index (κ1) is 21.7. The first-order valence-corrected chi connectivity index (χ1v) is 10.8. The summed E-state index contributed by atoms with van der Waals surface area (Å²) in [7, 11) is 0. The van der Waals surface area contributed by atoms with Crippen LogP contribution in [-0.2, 0) is 12.1 Å². The van der Waals surface area contributed by atoms with Crippen LogP contribution in [0.25, 0.3) is 5.69 Å². The van der Waals surface area contributed by atoms with Crippen molar-refractivity contribution in [3.63, 3.8) is 0 Å². The molecule has 2 aromatic heterocycles. The third-order valence-electron chi connectivity index (χ3n) is 6.22. The summed E-state index contributed by atoms with van der Waals surface area (Å²) in [4.78, 5) is 22.0. The predicted molar refractivity (Wildman–Crippen MR) is 121 cm³/mol. The molecule has 0 aliphatic carbocycles. The zero-order chi connectivity index (χ0) is 23.7. The summed E-state index contributed by atoms with van der Waals surface area (Å²) in [5, 5.41) is 24.1. The number of amides is 2. The minimum Gasteiger partial charge on any atom is -0.381 e. The van der Waals surface area contributed by atoms with Crippen molar-refractivity contribution >= 4 is 11.7 Å². The Kier molecular flexibility index (Phi) is 5.54. The lowest BCUT2D eigenvalue weighted by atomic mass is 9.85. The molecule has 0 bridgehead atoms. The number of aliphatic hydroxyl groups is 1. The average Bonchev–Trinajstić information content (AvgIpc) is 3.62. The zero-order valence-corrected chi connectivity index (χ0v) is 18.4. The van der Waals surface area contributed by atoms with Gasteiger partial charge >= 0.3 is 6.03 Å². The van der Waals surface area contributed by atoms with Gasteiger partial charge in [-0.3, -0.25) is 4.90 Å². The second kappa shape index (κ2) is 8.67. The van der Waals surface area contributed by atoms with Crippen molar-refractivity contribution in [2.75, 3.05) is 18.0 Å². The number of aromatic nitrogens is 6. The Morgan fingerprint density at radius 3 is 2.41 bits per heavy atom. The highest BCUT2D eigenvalue weighted by atomic mass is 19.1. The normalized spacial score (nSPS) is 16.6. The van der Waals surface area contributed by atoms with Crippen molar-refractivity contribution < 1.29 is 14.3 Å². The first-order chi connectivity index (χ1) is 16.5. The number of nitrogens with zero attached hydrogens (tertiary/aromatic N) is 8. The lowest BCUT2D eigenvalue weighted by Crippen LogP contribution is -2.53. The van der Waals surface area contributed by atoms with Crippen molar-refractivity contribution in [2.45, 2.75) is 25.1 Å². The van der Waals surface area contributed by atoms with E-state index < -0.39 is 17.5 Å². The number of benzene rings is 2. The lowest BCUT2D eigenvalue weighted by Gasteiger charge is -2.39. The molecule has 1 N–H and O–H groups in total. The SMILES string of the molecule is CC(N1CCN(c2ccc(-n3nccn3)cc2)C1=O)C(O)(Cn1cncn1)c1ccccc1F. The van der Waals surface area contributed by atoms with Crippen LogP contribution in [0.4, 0.5) is 14.9 Å². The molecule has 174 valence electrons. The van der Waals surface area contributed by atoms with E-state index in [0.717, 1.165) is 5.69 Å². The summed E-state index contributed by atoms with van der Waals surface area (Å²) >= 11 is 0. The molecule has 2 atom stereocenters. The second-order valence-electron chi connectivity index (χ2n) is 8.14. The van der Waals surface area contributed by atoms with Crippen LogP contribution in [-0.4, -0.2) is 64.9 Å². The van der Waals surface area contributed by atoms with Gasteiger partial charge in [-0.05, 0) is 37.3 Å². The summed E-state index contributed by atoms with van der Waals surface area (Å²) in [6.07, 6.45) is 5.98. The standard InChI is InChI=1S/C23H23FN8O2/c1-17(23(34,14-29-16-25-15-28-29)20-4-2-3-5-21(20)24)30-12-13-31(22(30)33)18-6-8-19(9-7-18)32-26-10-11-27-32/h2-11,15-17,34H,12-14H2,1H3. The molecule has 1 aliphatic heterocycles. The van der Waals surface area contributed by atoms with Crippen LogP contribution < -0.4 is 4.90 Å². The molecular weight excluding hydrogens is 439 g/mol. The number of carbonyl (C=O) groups excluding carboxylic acids is 1. The summed E-state index contributed by atoms with van der Waals surface area (Å²) in [5.41, 5.74) is -0.158. The molecule has 2 aromatic carbocycles. The molecule has 2 unspecified atom stereocenters. The number of hydrogen-bond donors (Lipinski definition) is 1. The Balaban J connectivity index is 1.42. The van der Waals surface area contributed by atoms with E-state index in [0.29, 0.717) is 18.8 Å². The predicted octanol–water partition coefficient (Wildman–Crippen LogP) is 2.22. The average molecular weight is 462 g/mol. The topological polar surface area (TPSA) is 105 Å². The van der Waals surface area contributed by atoms with E-state index in [-0.39, 0.29) is 18.1 Å². The fourth-order valence-electron chi connectivity index (χ4n) is 4.34. The number of anilines is 1. The van der Waals surface area contributed by atoms with E-state index in [9.17, 15) is 14.3 Å². The van der Waals surface area contributed by atoms with E-state index in [1.807, 2.05) is 24.3 Å². The molecule has 11 heteroatoms. The quantitative estimate of drug-likeness (QED) is 0.452. The second-order valence-corrected chi connectivity index (χ2v) is 8.14. The van der Waals surface area contributed by atoms with Gasteiger partial charge in [0.05, 0.1) is 30.7 Å². The third-order valence-corrected chi connectivity index (χ3v) is 6.22. The summed E-state index contributed by atoms with van der Waals surface area (Å²) in [5.74, 6) is -0.553. The molecule has 0 spiro atoms. The molecule has 5 rings (SSSR count).